The highest BCUT2D eigenvalue weighted by Crippen LogP contribution is 2.13. The van der Waals surface area contributed by atoms with Crippen LogP contribution in [0.3, 0.4) is 0 Å². The second-order valence-corrected chi connectivity index (χ2v) is 6.78. The minimum Gasteiger partial charge on any atom is -0.349 e. The number of rotatable bonds is 11. The number of carbonyl (C=O) groups excluding carboxylic acids is 1. The van der Waals surface area contributed by atoms with E-state index in [1.807, 2.05) is 36.4 Å². The fourth-order valence-corrected chi connectivity index (χ4v) is 3.15. The van der Waals surface area contributed by atoms with Gasteiger partial charge >= 0.3 is 0 Å². The summed E-state index contributed by atoms with van der Waals surface area (Å²) in [6, 6.07) is 20.2. The smallest absolute Gasteiger partial charge is 0.251 e. The average Bonchev–Trinajstić information content (AvgIpc) is 2.66. The van der Waals surface area contributed by atoms with Crippen molar-refractivity contribution in [2.75, 3.05) is 0 Å². The van der Waals surface area contributed by atoms with Crippen LogP contribution in [0.1, 0.15) is 67.8 Å². The summed E-state index contributed by atoms with van der Waals surface area (Å²) in [7, 11) is 0. The van der Waals surface area contributed by atoms with Gasteiger partial charge in [0.25, 0.3) is 5.91 Å². The summed E-state index contributed by atoms with van der Waals surface area (Å²) in [4.78, 5) is 12.5. The van der Waals surface area contributed by atoms with Crippen molar-refractivity contribution in [1.82, 2.24) is 5.32 Å². The molecule has 1 unspecified atom stereocenters. The predicted molar refractivity (Wildman–Crippen MR) is 106 cm³/mol. The number of hydrogen-bond acceptors (Lipinski definition) is 1. The molecule has 0 aromatic heterocycles. The molecule has 2 rings (SSSR count). The van der Waals surface area contributed by atoms with Gasteiger partial charge in [0, 0.05) is 11.6 Å². The lowest BCUT2D eigenvalue weighted by Crippen LogP contribution is -2.36. The summed E-state index contributed by atoms with van der Waals surface area (Å²) in [6.07, 6.45) is 9.62. The Balaban J connectivity index is 1.88. The van der Waals surface area contributed by atoms with Crippen LogP contribution in [0.4, 0.5) is 0 Å². The highest BCUT2D eigenvalue weighted by Gasteiger charge is 2.14. The van der Waals surface area contributed by atoms with Crippen molar-refractivity contribution >= 4 is 5.91 Å². The van der Waals surface area contributed by atoms with Crippen molar-refractivity contribution in [1.29, 1.82) is 0 Å². The van der Waals surface area contributed by atoms with Crippen molar-refractivity contribution in [2.45, 2.75) is 64.3 Å². The van der Waals surface area contributed by atoms with E-state index >= 15 is 0 Å². The van der Waals surface area contributed by atoms with Crippen molar-refractivity contribution in [3.8, 4) is 0 Å². The second-order valence-electron chi connectivity index (χ2n) is 6.78. The van der Waals surface area contributed by atoms with Gasteiger partial charge in [-0.05, 0) is 30.5 Å². The minimum absolute atomic E-state index is 0.0347. The largest absolute Gasteiger partial charge is 0.349 e. The summed E-state index contributed by atoms with van der Waals surface area (Å²) in [5.74, 6) is 0.0347. The van der Waals surface area contributed by atoms with Crippen LogP contribution in [0.15, 0.2) is 60.7 Å². The van der Waals surface area contributed by atoms with Gasteiger partial charge in [-0.15, -0.1) is 0 Å². The molecule has 0 aliphatic heterocycles. The molecule has 0 bridgehead atoms. The molecule has 25 heavy (non-hydrogen) atoms. The van der Waals surface area contributed by atoms with E-state index in [1.54, 1.807) is 0 Å². The Morgan fingerprint density at radius 1 is 0.840 bits per heavy atom. The first-order chi connectivity index (χ1) is 12.3. The SMILES string of the molecule is CCCCCCCCC(Cc1ccccc1)NC(=O)c1ccccc1. The molecule has 1 atom stereocenters. The number of amides is 1. The standard InChI is InChI=1S/C23H31NO/c1-2-3-4-5-6-13-18-22(19-20-14-9-7-10-15-20)24-23(25)21-16-11-8-12-17-21/h7-12,14-17,22H,2-6,13,18-19H2,1H3,(H,24,25). The third-order valence-electron chi connectivity index (χ3n) is 4.60. The molecule has 2 aromatic rings. The van der Waals surface area contributed by atoms with Crippen LogP contribution in [-0.4, -0.2) is 11.9 Å². The maximum absolute atomic E-state index is 12.5. The number of unbranched alkanes of at least 4 members (excludes halogenated alkanes) is 5. The number of carbonyl (C=O) groups is 1. The van der Waals surface area contributed by atoms with E-state index < -0.39 is 0 Å². The van der Waals surface area contributed by atoms with E-state index in [4.69, 9.17) is 0 Å². The van der Waals surface area contributed by atoms with Crippen LogP contribution in [0.2, 0.25) is 0 Å². The Morgan fingerprint density at radius 2 is 1.44 bits per heavy atom. The van der Waals surface area contributed by atoms with E-state index in [-0.39, 0.29) is 11.9 Å². The average molecular weight is 338 g/mol. The van der Waals surface area contributed by atoms with Crippen LogP contribution >= 0.6 is 0 Å². The van der Waals surface area contributed by atoms with Gasteiger partial charge in [0.05, 0.1) is 0 Å². The van der Waals surface area contributed by atoms with Gasteiger partial charge in [-0.3, -0.25) is 4.79 Å². The summed E-state index contributed by atoms with van der Waals surface area (Å²) in [6.45, 7) is 2.25. The van der Waals surface area contributed by atoms with E-state index in [0.717, 1.165) is 18.4 Å². The van der Waals surface area contributed by atoms with E-state index in [2.05, 4.69) is 36.5 Å². The molecule has 2 aromatic carbocycles. The quantitative estimate of drug-likeness (QED) is 0.517. The summed E-state index contributed by atoms with van der Waals surface area (Å²) >= 11 is 0. The zero-order chi connectivity index (χ0) is 17.7. The Morgan fingerprint density at radius 3 is 2.12 bits per heavy atom. The van der Waals surface area contributed by atoms with Gasteiger partial charge in [-0.25, -0.2) is 0 Å². The number of benzene rings is 2. The molecule has 0 spiro atoms. The molecule has 0 fully saturated rings. The Kier molecular flexibility index (Phi) is 8.82. The highest BCUT2D eigenvalue weighted by atomic mass is 16.1. The maximum Gasteiger partial charge on any atom is 0.251 e. The molecule has 134 valence electrons. The summed E-state index contributed by atoms with van der Waals surface area (Å²) < 4.78 is 0. The third-order valence-corrected chi connectivity index (χ3v) is 4.60. The maximum atomic E-state index is 12.5. The monoisotopic (exact) mass is 337 g/mol. The van der Waals surface area contributed by atoms with E-state index in [0.29, 0.717) is 0 Å². The Bertz CT molecular complexity index is 594. The molecule has 2 nitrogen and oxygen atoms in total. The van der Waals surface area contributed by atoms with E-state index in [9.17, 15) is 4.79 Å². The van der Waals surface area contributed by atoms with Crippen molar-refractivity contribution < 1.29 is 4.79 Å². The normalized spacial score (nSPS) is 11.9. The van der Waals surface area contributed by atoms with Crippen LogP contribution in [0.5, 0.6) is 0 Å². The van der Waals surface area contributed by atoms with Gasteiger partial charge in [0.2, 0.25) is 0 Å². The van der Waals surface area contributed by atoms with Crippen LogP contribution < -0.4 is 5.32 Å². The van der Waals surface area contributed by atoms with Crippen LogP contribution in [0, 0.1) is 0 Å². The first-order valence-corrected chi connectivity index (χ1v) is 9.69. The predicted octanol–water partition coefficient (Wildman–Crippen LogP) is 5.78. The van der Waals surface area contributed by atoms with Gasteiger partial charge in [0.1, 0.15) is 0 Å². The topological polar surface area (TPSA) is 29.1 Å². The van der Waals surface area contributed by atoms with Gasteiger partial charge in [0.15, 0.2) is 0 Å². The molecule has 1 amide bonds. The third kappa shape index (κ3) is 7.55. The molecule has 2 heteroatoms. The summed E-state index contributed by atoms with van der Waals surface area (Å²) in [5, 5.41) is 3.24. The zero-order valence-corrected chi connectivity index (χ0v) is 15.4. The second kappa shape index (κ2) is 11.5. The van der Waals surface area contributed by atoms with Gasteiger partial charge in [-0.1, -0.05) is 94.0 Å². The number of nitrogens with one attached hydrogen (secondary N) is 1. The first kappa shape index (κ1) is 19.2. The zero-order valence-electron chi connectivity index (χ0n) is 15.4. The van der Waals surface area contributed by atoms with Crippen LogP contribution in [-0.2, 0) is 6.42 Å². The van der Waals surface area contributed by atoms with Crippen molar-refractivity contribution in [3.05, 3.63) is 71.8 Å². The fraction of sp³-hybridized carbons (Fsp3) is 0.435. The van der Waals surface area contributed by atoms with Crippen molar-refractivity contribution in [2.24, 2.45) is 0 Å². The van der Waals surface area contributed by atoms with Gasteiger partial charge in [-0.2, -0.15) is 0 Å². The fourth-order valence-electron chi connectivity index (χ4n) is 3.15. The Hall–Kier alpha value is -2.09. The molecule has 1 N–H and O–H groups in total. The number of hydrogen-bond donors (Lipinski definition) is 1. The highest BCUT2D eigenvalue weighted by molar-refractivity contribution is 5.94. The molecule has 0 saturated carbocycles. The molecular weight excluding hydrogens is 306 g/mol. The van der Waals surface area contributed by atoms with Crippen LogP contribution in [0.25, 0.3) is 0 Å². The lowest BCUT2D eigenvalue weighted by Gasteiger charge is -2.19. The molecule has 0 heterocycles. The molecule has 0 aliphatic rings. The summed E-state index contributed by atoms with van der Waals surface area (Å²) in [5.41, 5.74) is 2.02. The lowest BCUT2D eigenvalue weighted by molar-refractivity contribution is 0.0934. The molecule has 0 radical (unpaired) electrons. The molecule has 0 aliphatic carbocycles. The van der Waals surface area contributed by atoms with Crippen molar-refractivity contribution in [3.63, 3.8) is 0 Å². The Labute approximate surface area is 152 Å². The molecular formula is C23H31NO. The minimum atomic E-state index is 0.0347. The first-order valence-electron chi connectivity index (χ1n) is 9.69. The molecule has 0 saturated heterocycles. The lowest BCUT2D eigenvalue weighted by atomic mass is 9.99. The van der Waals surface area contributed by atoms with E-state index in [1.165, 1.54) is 44.1 Å². The van der Waals surface area contributed by atoms with Gasteiger partial charge < -0.3 is 5.32 Å².